The maximum atomic E-state index is 10.9. The van der Waals surface area contributed by atoms with Gasteiger partial charge in [-0.3, -0.25) is 4.79 Å². The molecule has 0 fully saturated rings. The molecule has 140 valence electrons. The van der Waals surface area contributed by atoms with Gasteiger partial charge in [-0.25, -0.2) is 4.79 Å². The molecule has 1 aliphatic rings. The maximum absolute atomic E-state index is 10.9. The lowest BCUT2D eigenvalue weighted by Crippen LogP contribution is -2.19. The third kappa shape index (κ3) is 15.2. The first-order chi connectivity index (χ1) is 11.7. The molecule has 1 aliphatic heterocycles. The van der Waals surface area contributed by atoms with Crippen molar-refractivity contribution >= 4 is 11.9 Å². The number of amides is 1. The standard InChI is InChI=1S/C12H21NO.C9H12O2/c1-10(2)6-5-7-11(3)8-9-13-12(4)14;1-7-4-3-5-8(2)11-9(10)6-7/h6,8H,5,7,9H2,1-4H3,(H,13,14);5-6H,3-4H2,1-2H3/b11-8+;7-6+,8-5+. The smallest absolute Gasteiger partial charge is 0.335 e. The van der Waals surface area contributed by atoms with Crippen molar-refractivity contribution in [1.29, 1.82) is 0 Å². The summed E-state index contributed by atoms with van der Waals surface area (Å²) in [7, 11) is 0. The number of allylic oxidation sites excluding steroid dienone is 6. The second kappa shape index (κ2) is 13.2. The molecule has 0 aromatic heterocycles. The molecule has 0 bridgehead atoms. The zero-order valence-corrected chi connectivity index (χ0v) is 16.6. The molecule has 1 heterocycles. The van der Waals surface area contributed by atoms with Crippen molar-refractivity contribution in [3.63, 3.8) is 0 Å². The molecule has 0 spiro atoms. The highest BCUT2D eigenvalue weighted by atomic mass is 16.5. The Labute approximate surface area is 152 Å². The van der Waals surface area contributed by atoms with E-state index in [0.717, 1.165) is 31.3 Å². The van der Waals surface area contributed by atoms with Crippen molar-refractivity contribution in [1.82, 2.24) is 5.32 Å². The summed E-state index contributed by atoms with van der Waals surface area (Å²) in [5, 5.41) is 2.74. The molecule has 4 heteroatoms. The highest BCUT2D eigenvalue weighted by Gasteiger charge is 2.03. The number of nitrogens with one attached hydrogen (secondary N) is 1. The Kier molecular flexibility index (Phi) is 12.1. The van der Waals surface area contributed by atoms with E-state index < -0.39 is 0 Å². The molecule has 1 rings (SSSR count). The van der Waals surface area contributed by atoms with Crippen molar-refractivity contribution in [3.05, 3.63) is 46.8 Å². The van der Waals surface area contributed by atoms with E-state index in [0.29, 0.717) is 12.3 Å². The molecule has 0 saturated carbocycles. The number of carbonyl (C=O) groups excluding carboxylic acids is 2. The average Bonchev–Trinajstić information content (AvgIpc) is 2.45. The van der Waals surface area contributed by atoms with E-state index in [1.54, 1.807) is 13.0 Å². The largest absolute Gasteiger partial charge is 0.429 e. The third-order valence-corrected chi connectivity index (χ3v) is 3.49. The lowest BCUT2D eigenvalue weighted by Gasteiger charge is -2.06. The van der Waals surface area contributed by atoms with Gasteiger partial charge in [0.25, 0.3) is 0 Å². The van der Waals surface area contributed by atoms with Gasteiger partial charge in [0.15, 0.2) is 0 Å². The molecule has 1 amide bonds. The zero-order chi connectivity index (χ0) is 19.2. The van der Waals surface area contributed by atoms with E-state index in [1.165, 1.54) is 18.1 Å². The minimum Gasteiger partial charge on any atom is -0.429 e. The minimum atomic E-state index is -0.254. The van der Waals surface area contributed by atoms with Crippen LogP contribution in [0.4, 0.5) is 0 Å². The topological polar surface area (TPSA) is 55.4 Å². The monoisotopic (exact) mass is 347 g/mol. The molecule has 1 N–H and O–H groups in total. The Morgan fingerprint density at radius 3 is 2.48 bits per heavy atom. The molecule has 0 aliphatic carbocycles. The number of esters is 1. The lowest BCUT2D eigenvalue weighted by atomic mass is 10.1. The third-order valence-electron chi connectivity index (χ3n) is 3.49. The first-order valence-electron chi connectivity index (χ1n) is 8.80. The Balaban J connectivity index is 0.000000472. The highest BCUT2D eigenvalue weighted by molar-refractivity contribution is 5.83. The van der Waals surface area contributed by atoms with Crippen LogP contribution in [0.1, 0.15) is 67.2 Å². The second-order valence-electron chi connectivity index (χ2n) is 6.57. The summed E-state index contributed by atoms with van der Waals surface area (Å²) in [6.07, 6.45) is 11.9. The molecule has 0 radical (unpaired) electrons. The van der Waals surface area contributed by atoms with Crippen molar-refractivity contribution < 1.29 is 14.3 Å². The number of ether oxygens (including phenoxy) is 1. The summed E-state index contributed by atoms with van der Waals surface area (Å²) in [6.45, 7) is 12.2. The Morgan fingerprint density at radius 2 is 1.88 bits per heavy atom. The molecule has 0 unspecified atom stereocenters. The van der Waals surface area contributed by atoms with E-state index in [-0.39, 0.29) is 11.9 Å². The van der Waals surface area contributed by atoms with Crippen LogP contribution in [0.5, 0.6) is 0 Å². The fourth-order valence-corrected chi connectivity index (χ4v) is 2.07. The summed E-state index contributed by atoms with van der Waals surface area (Å²) >= 11 is 0. The molecule has 25 heavy (non-hydrogen) atoms. The van der Waals surface area contributed by atoms with E-state index in [9.17, 15) is 9.59 Å². The molecular weight excluding hydrogens is 314 g/mol. The van der Waals surface area contributed by atoms with Crippen LogP contribution in [-0.2, 0) is 14.3 Å². The molecular formula is C21H33NO3. The number of rotatable bonds is 5. The van der Waals surface area contributed by atoms with Gasteiger partial charge in [-0.05, 0) is 66.4 Å². The lowest BCUT2D eigenvalue weighted by molar-refractivity contribution is -0.133. The summed E-state index contributed by atoms with van der Waals surface area (Å²) in [5.41, 5.74) is 3.77. The van der Waals surface area contributed by atoms with E-state index in [4.69, 9.17) is 4.74 Å². The zero-order valence-electron chi connectivity index (χ0n) is 16.6. The highest BCUT2D eigenvalue weighted by Crippen LogP contribution is 2.11. The van der Waals surface area contributed by atoms with Crippen LogP contribution in [0.15, 0.2) is 46.8 Å². The number of hydrogen-bond donors (Lipinski definition) is 1. The van der Waals surface area contributed by atoms with Gasteiger partial charge in [-0.15, -0.1) is 0 Å². The number of cyclic esters (lactones) is 1. The number of carbonyl (C=O) groups is 2. The van der Waals surface area contributed by atoms with Crippen LogP contribution in [0, 0.1) is 0 Å². The molecule has 0 saturated heterocycles. The first kappa shape index (κ1) is 22.9. The predicted octanol–water partition coefficient (Wildman–Crippen LogP) is 4.99. The molecule has 0 aromatic carbocycles. The fraction of sp³-hybridized carbons (Fsp3) is 0.524. The second-order valence-corrected chi connectivity index (χ2v) is 6.57. The normalized spacial score (nSPS) is 18.8. The maximum Gasteiger partial charge on any atom is 0.335 e. The van der Waals surface area contributed by atoms with Crippen LogP contribution in [0.25, 0.3) is 0 Å². The van der Waals surface area contributed by atoms with Crippen LogP contribution in [0.3, 0.4) is 0 Å². The van der Waals surface area contributed by atoms with Crippen molar-refractivity contribution in [2.45, 2.75) is 67.2 Å². The van der Waals surface area contributed by atoms with Crippen LogP contribution in [-0.4, -0.2) is 18.4 Å². The SMILES string of the molecule is C/C1=C\C(=O)O/C(C)=C/CC1.CC(=O)NC/C=C(\C)CCC=C(C)C. The molecule has 0 atom stereocenters. The van der Waals surface area contributed by atoms with Crippen molar-refractivity contribution in [2.75, 3.05) is 6.54 Å². The first-order valence-corrected chi connectivity index (χ1v) is 8.80. The van der Waals surface area contributed by atoms with Gasteiger partial charge in [-0.2, -0.15) is 0 Å². The van der Waals surface area contributed by atoms with Crippen molar-refractivity contribution in [3.8, 4) is 0 Å². The summed E-state index contributed by atoms with van der Waals surface area (Å²) < 4.78 is 4.91. The Morgan fingerprint density at radius 1 is 1.20 bits per heavy atom. The predicted molar refractivity (Wildman–Crippen MR) is 104 cm³/mol. The van der Waals surface area contributed by atoms with Crippen LogP contribution < -0.4 is 5.32 Å². The Hall–Kier alpha value is -2.10. The van der Waals surface area contributed by atoms with Crippen LogP contribution in [0.2, 0.25) is 0 Å². The fourth-order valence-electron chi connectivity index (χ4n) is 2.07. The quantitative estimate of drug-likeness (QED) is 0.563. The molecule has 4 nitrogen and oxygen atoms in total. The van der Waals surface area contributed by atoms with Gasteiger partial charge in [0.05, 0.1) is 0 Å². The van der Waals surface area contributed by atoms with Gasteiger partial charge in [-0.1, -0.05) is 28.9 Å². The van der Waals surface area contributed by atoms with Gasteiger partial charge in [0, 0.05) is 19.5 Å². The van der Waals surface area contributed by atoms with E-state index >= 15 is 0 Å². The van der Waals surface area contributed by atoms with Crippen molar-refractivity contribution in [2.24, 2.45) is 0 Å². The number of hydrogen-bond acceptors (Lipinski definition) is 3. The average molecular weight is 347 g/mol. The van der Waals surface area contributed by atoms with Gasteiger partial charge in [0.1, 0.15) is 5.76 Å². The summed E-state index contributed by atoms with van der Waals surface area (Å²) in [6, 6.07) is 0. The summed E-state index contributed by atoms with van der Waals surface area (Å²) in [5.74, 6) is 0.480. The van der Waals surface area contributed by atoms with Gasteiger partial charge in [0.2, 0.25) is 5.91 Å². The van der Waals surface area contributed by atoms with E-state index in [1.807, 2.05) is 13.0 Å². The minimum absolute atomic E-state index is 0.0262. The van der Waals surface area contributed by atoms with Crippen LogP contribution >= 0.6 is 0 Å². The summed E-state index contributed by atoms with van der Waals surface area (Å²) in [4.78, 5) is 21.5. The Bertz CT molecular complexity index is 562. The molecule has 0 aromatic rings. The van der Waals surface area contributed by atoms with Gasteiger partial charge >= 0.3 is 5.97 Å². The van der Waals surface area contributed by atoms with E-state index in [2.05, 4.69) is 38.2 Å². The van der Waals surface area contributed by atoms with Gasteiger partial charge < -0.3 is 10.1 Å².